The lowest BCUT2D eigenvalue weighted by Crippen LogP contribution is -2.42. The van der Waals surface area contributed by atoms with Crippen molar-refractivity contribution >= 4 is 6.21 Å². The Hall–Kier alpha value is -2.39. The summed E-state index contributed by atoms with van der Waals surface area (Å²) >= 11 is 0. The Morgan fingerprint density at radius 1 is 1.09 bits per heavy atom. The largest absolute Gasteiger partial charge is 0.480 e. The van der Waals surface area contributed by atoms with Gasteiger partial charge in [-0.15, -0.1) is 0 Å². The maximum absolute atomic E-state index is 10.9. The summed E-state index contributed by atoms with van der Waals surface area (Å²) in [6, 6.07) is 17.4. The lowest BCUT2D eigenvalue weighted by atomic mass is 9.87. The molecule has 0 aromatic heterocycles. The average Bonchev–Trinajstić information content (AvgIpc) is 2.58. The van der Waals surface area contributed by atoms with Gasteiger partial charge in [-0.3, -0.25) is 4.99 Å². The zero-order valence-electron chi connectivity index (χ0n) is 12.5. The first-order valence-electron chi connectivity index (χ1n) is 7.38. The maximum Gasteiger partial charge on any atom is 0.164 e. The summed E-state index contributed by atoms with van der Waals surface area (Å²) in [5.41, 5.74) is 1.17. The molecule has 112 valence electrons. The summed E-state index contributed by atoms with van der Waals surface area (Å²) in [5.74, 6) is 0.737. The minimum Gasteiger partial charge on any atom is -0.480 e. The van der Waals surface area contributed by atoms with E-state index in [0.29, 0.717) is 6.42 Å². The van der Waals surface area contributed by atoms with E-state index < -0.39 is 11.7 Å². The molecule has 1 aliphatic rings. The summed E-state index contributed by atoms with van der Waals surface area (Å²) < 4.78 is 6.19. The van der Waals surface area contributed by atoms with Crippen molar-refractivity contribution in [2.45, 2.75) is 25.0 Å². The van der Waals surface area contributed by atoms with Gasteiger partial charge in [0, 0.05) is 18.8 Å². The highest BCUT2D eigenvalue weighted by atomic mass is 16.5. The molecular formula is C19H19NO2. The lowest BCUT2D eigenvalue weighted by molar-refractivity contribution is -0.0172. The van der Waals surface area contributed by atoms with Crippen molar-refractivity contribution in [3.8, 4) is 5.75 Å². The molecule has 0 aliphatic carbocycles. The molecule has 0 fully saturated rings. The summed E-state index contributed by atoms with van der Waals surface area (Å²) in [6.45, 7) is 2.03. The molecule has 1 heterocycles. The van der Waals surface area contributed by atoms with Gasteiger partial charge in [0.2, 0.25) is 0 Å². The Morgan fingerprint density at radius 2 is 1.82 bits per heavy atom. The van der Waals surface area contributed by atoms with E-state index in [9.17, 15) is 5.11 Å². The second-order valence-corrected chi connectivity index (χ2v) is 5.53. The molecule has 0 bridgehead atoms. The number of aliphatic hydroxyl groups is 1. The van der Waals surface area contributed by atoms with E-state index >= 15 is 0 Å². The van der Waals surface area contributed by atoms with Gasteiger partial charge in [0.1, 0.15) is 11.9 Å². The van der Waals surface area contributed by atoms with E-state index in [4.69, 9.17) is 4.74 Å². The molecule has 0 radical (unpaired) electrons. The van der Waals surface area contributed by atoms with Crippen LogP contribution in [0.25, 0.3) is 0 Å². The van der Waals surface area contributed by atoms with Crippen LogP contribution in [0.1, 0.15) is 23.7 Å². The van der Waals surface area contributed by atoms with E-state index in [2.05, 4.69) is 4.99 Å². The first-order chi connectivity index (χ1) is 10.7. The van der Waals surface area contributed by atoms with Crippen molar-refractivity contribution in [3.05, 3.63) is 78.0 Å². The normalized spacial score (nSPS) is 21.5. The number of ether oxygens (including phenoxy) is 1. The van der Waals surface area contributed by atoms with Gasteiger partial charge >= 0.3 is 0 Å². The van der Waals surface area contributed by atoms with E-state index in [-0.39, 0.29) is 0 Å². The Labute approximate surface area is 130 Å². The topological polar surface area (TPSA) is 41.8 Å². The Balaban J connectivity index is 1.93. The SMILES string of the molecule is Cc1ccc(OC2(C(O)c3ccccc3)C=CN=CC2)cc1. The van der Waals surface area contributed by atoms with Gasteiger partial charge in [-0.1, -0.05) is 48.0 Å². The molecule has 2 aromatic rings. The van der Waals surface area contributed by atoms with Gasteiger partial charge < -0.3 is 9.84 Å². The predicted molar refractivity (Wildman–Crippen MR) is 88.2 cm³/mol. The van der Waals surface area contributed by atoms with Gasteiger partial charge in [-0.2, -0.15) is 0 Å². The quantitative estimate of drug-likeness (QED) is 0.930. The van der Waals surface area contributed by atoms with Crippen LogP contribution in [0.2, 0.25) is 0 Å². The van der Waals surface area contributed by atoms with Crippen LogP contribution in [0.3, 0.4) is 0 Å². The number of benzene rings is 2. The molecule has 0 saturated carbocycles. The van der Waals surface area contributed by atoms with Gasteiger partial charge in [-0.25, -0.2) is 0 Å². The van der Waals surface area contributed by atoms with Crippen LogP contribution in [0.5, 0.6) is 5.75 Å². The maximum atomic E-state index is 10.9. The van der Waals surface area contributed by atoms with E-state index in [1.165, 1.54) is 5.56 Å². The number of aliphatic imine (C=N–C) groups is 1. The van der Waals surface area contributed by atoms with Gasteiger partial charge in [-0.05, 0) is 30.7 Å². The number of hydrogen-bond donors (Lipinski definition) is 1. The number of rotatable bonds is 4. The van der Waals surface area contributed by atoms with E-state index in [1.54, 1.807) is 12.4 Å². The molecule has 3 rings (SSSR count). The molecule has 3 heteroatoms. The molecule has 0 amide bonds. The zero-order chi connectivity index (χ0) is 15.4. The van der Waals surface area contributed by atoms with Crippen molar-refractivity contribution in [3.63, 3.8) is 0 Å². The fraction of sp³-hybridized carbons (Fsp3) is 0.211. The monoisotopic (exact) mass is 293 g/mol. The Kier molecular flexibility index (Phi) is 4.07. The molecule has 0 saturated heterocycles. The van der Waals surface area contributed by atoms with E-state index in [1.807, 2.05) is 67.6 Å². The molecule has 2 aromatic carbocycles. The second-order valence-electron chi connectivity index (χ2n) is 5.53. The smallest absolute Gasteiger partial charge is 0.164 e. The molecule has 3 nitrogen and oxygen atoms in total. The third kappa shape index (κ3) is 2.95. The molecule has 1 N–H and O–H groups in total. The number of aryl methyl sites for hydroxylation is 1. The Bertz CT molecular complexity index is 676. The lowest BCUT2D eigenvalue weighted by Gasteiger charge is -2.36. The fourth-order valence-corrected chi connectivity index (χ4v) is 2.57. The van der Waals surface area contributed by atoms with Gasteiger partial charge in [0.15, 0.2) is 5.60 Å². The van der Waals surface area contributed by atoms with Crippen molar-refractivity contribution < 1.29 is 9.84 Å². The third-order valence-corrected chi connectivity index (χ3v) is 3.87. The summed E-state index contributed by atoms with van der Waals surface area (Å²) in [5, 5.41) is 10.9. The third-order valence-electron chi connectivity index (χ3n) is 3.87. The van der Waals surface area contributed by atoms with Crippen molar-refractivity contribution in [1.82, 2.24) is 0 Å². The van der Waals surface area contributed by atoms with Crippen molar-refractivity contribution in [2.75, 3.05) is 0 Å². The van der Waals surface area contributed by atoms with Crippen LogP contribution in [-0.2, 0) is 0 Å². The van der Waals surface area contributed by atoms with Crippen LogP contribution in [-0.4, -0.2) is 16.9 Å². The van der Waals surface area contributed by atoms with Crippen LogP contribution >= 0.6 is 0 Å². The number of aliphatic hydroxyl groups excluding tert-OH is 1. The van der Waals surface area contributed by atoms with Crippen LogP contribution in [0.15, 0.2) is 71.9 Å². The molecule has 2 atom stereocenters. The van der Waals surface area contributed by atoms with Crippen molar-refractivity contribution in [1.29, 1.82) is 0 Å². The predicted octanol–water partition coefficient (Wildman–Crippen LogP) is 3.83. The second kappa shape index (κ2) is 6.16. The summed E-state index contributed by atoms with van der Waals surface area (Å²) in [7, 11) is 0. The van der Waals surface area contributed by atoms with Crippen molar-refractivity contribution in [2.24, 2.45) is 4.99 Å². The Morgan fingerprint density at radius 3 is 2.45 bits per heavy atom. The highest BCUT2D eigenvalue weighted by Gasteiger charge is 2.39. The van der Waals surface area contributed by atoms with E-state index in [0.717, 1.165) is 11.3 Å². The summed E-state index contributed by atoms with van der Waals surface area (Å²) in [6.07, 6.45) is 5.06. The first-order valence-corrected chi connectivity index (χ1v) is 7.38. The standard InChI is InChI=1S/C19H19NO2/c1-15-7-9-17(10-8-15)22-19(11-13-20-14-12-19)18(21)16-5-3-2-4-6-16/h2-11,13-14,18,21H,12H2,1H3. The molecular weight excluding hydrogens is 274 g/mol. The average molecular weight is 293 g/mol. The minimum absolute atomic E-state index is 0.521. The van der Waals surface area contributed by atoms with Crippen LogP contribution < -0.4 is 4.74 Å². The highest BCUT2D eigenvalue weighted by molar-refractivity contribution is 5.63. The molecule has 22 heavy (non-hydrogen) atoms. The van der Waals surface area contributed by atoms with Crippen LogP contribution in [0.4, 0.5) is 0 Å². The van der Waals surface area contributed by atoms with Gasteiger partial charge in [0.05, 0.1) is 0 Å². The minimum atomic E-state index is -0.835. The molecule has 1 aliphatic heterocycles. The first kappa shape index (κ1) is 14.5. The molecule has 0 spiro atoms. The highest BCUT2D eigenvalue weighted by Crippen LogP contribution is 2.36. The molecule has 2 unspecified atom stereocenters. The number of hydrogen-bond acceptors (Lipinski definition) is 3. The van der Waals surface area contributed by atoms with Crippen LogP contribution in [0, 0.1) is 6.92 Å². The zero-order valence-corrected chi connectivity index (χ0v) is 12.5. The fourth-order valence-electron chi connectivity index (χ4n) is 2.57. The number of nitrogens with zero attached hydrogens (tertiary/aromatic N) is 1. The van der Waals surface area contributed by atoms with Gasteiger partial charge in [0.25, 0.3) is 0 Å². The summed E-state index contributed by atoms with van der Waals surface area (Å²) in [4.78, 5) is 4.11.